The van der Waals surface area contributed by atoms with Crippen LogP contribution in [-0.4, -0.2) is 143 Å². The maximum Gasteiger partial charge on any atom is 0.386 e. The number of halogens is 2. The average molecular weight is 929 g/mol. The van der Waals surface area contributed by atoms with Gasteiger partial charge >= 0.3 is 13.5 Å². The van der Waals surface area contributed by atoms with Gasteiger partial charge < -0.3 is 49.1 Å². The number of fused-ring (bicyclic) bond motifs is 5. The minimum absolute atomic E-state index is 0.0119. The number of aliphatic hydroxyl groups excluding tert-OH is 1. The van der Waals surface area contributed by atoms with Crippen molar-refractivity contribution in [3.63, 3.8) is 0 Å². The van der Waals surface area contributed by atoms with E-state index in [2.05, 4.69) is 88.5 Å². The Morgan fingerprint density at radius 3 is 2.15 bits per heavy atom. The monoisotopic (exact) mass is 928 g/mol. The SMILES string of the molecule is CCN(CC)CC.CCN(CC)CC.Nc1ncnc2c1ncn2[C@@H]1O[C@@H]2COP(O)(=S)O[C@@H]3[C@H](O)[C@@H](COP(=O)(S)O[C@H]2[C@H]1F)O[C@H]3n1cc(Cl)c2c(=O)[nH]cnc21. The Bertz CT molecular complexity index is 2140. The second-order valence-electron chi connectivity index (χ2n) is 13.4. The number of rotatable bonds is 8. The van der Waals surface area contributed by atoms with Gasteiger partial charge in [0.05, 0.1) is 30.9 Å². The Balaban J connectivity index is 0.000000407. The Labute approximate surface area is 355 Å². The van der Waals surface area contributed by atoms with Gasteiger partial charge in [0.15, 0.2) is 35.7 Å². The van der Waals surface area contributed by atoms with Gasteiger partial charge in [-0.2, -0.15) is 0 Å². The number of nitrogens with two attached hydrogens (primary N) is 1. The summed E-state index contributed by atoms with van der Waals surface area (Å²) in [6.07, 6.45) is -7.18. The average Bonchev–Trinajstić information content (AvgIpc) is 3.95. The fourth-order valence-corrected chi connectivity index (χ4v) is 9.89. The number of hydrogen-bond acceptors (Lipinski definition) is 17. The van der Waals surface area contributed by atoms with Gasteiger partial charge in [0, 0.05) is 6.20 Å². The fraction of sp³-hybridized carbons (Fsp3) is 0.667. The van der Waals surface area contributed by atoms with E-state index in [0.29, 0.717) is 0 Å². The lowest BCUT2D eigenvalue weighted by atomic mass is 10.1. The first-order chi connectivity index (χ1) is 28.0. The van der Waals surface area contributed by atoms with Crippen molar-refractivity contribution < 1.29 is 46.5 Å². The third kappa shape index (κ3) is 11.1. The Morgan fingerprint density at radius 1 is 0.932 bits per heavy atom. The van der Waals surface area contributed by atoms with E-state index in [0.717, 1.165) is 12.7 Å². The van der Waals surface area contributed by atoms with Gasteiger partial charge in [-0.05, 0) is 51.1 Å². The van der Waals surface area contributed by atoms with Crippen LogP contribution in [0.3, 0.4) is 0 Å². The molecule has 4 aromatic rings. The van der Waals surface area contributed by atoms with E-state index in [4.69, 9.17) is 56.7 Å². The van der Waals surface area contributed by atoms with Crippen molar-refractivity contribution in [1.29, 1.82) is 0 Å². The van der Waals surface area contributed by atoms with Crippen molar-refractivity contribution >= 4 is 77.2 Å². The first-order valence-electron chi connectivity index (χ1n) is 19.1. The summed E-state index contributed by atoms with van der Waals surface area (Å²) in [7, 11) is 0. The summed E-state index contributed by atoms with van der Waals surface area (Å²) in [5.41, 5.74) is 5.71. The van der Waals surface area contributed by atoms with E-state index in [9.17, 15) is 19.4 Å². The molecule has 5 N–H and O–H groups in total. The number of aromatic nitrogens is 7. The zero-order chi connectivity index (χ0) is 43.2. The standard InChI is InChI=1S/C21H22ClFN8O10P2S2.2C6H15N/c22-7-1-30(17-10(7)19(33)28-5-26-17)21-15-13(32)8(38-21)2-36-42(34,44)40-14-9(3-37-43(35,45)41-15)39-20(11(14)23)31-6-29-12-16(24)25-4-27-18(12)31;2*1-4-7(5-2)6-3/h1,4-6,8-9,11,13-15,20-21,32H,2-3H2,(H,34,44)(H,35,45)(H2,24,25,27)(H,26,28,33);2*4-6H2,1-3H3/t8-,9-,11-,13-,14-,15-,20-,21-,42?,43?;;/m1../s1. The van der Waals surface area contributed by atoms with Gasteiger partial charge in [0.25, 0.3) is 5.56 Å². The molecular weight excluding hydrogens is 877 g/mol. The number of aromatic amines is 1. The van der Waals surface area contributed by atoms with E-state index in [1.54, 1.807) is 0 Å². The zero-order valence-corrected chi connectivity index (χ0v) is 37.7. The van der Waals surface area contributed by atoms with Crippen LogP contribution >= 0.6 is 37.4 Å². The van der Waals surface area contributed by atoms with Gasteiger partial charge in [0.1, 0.15) is 47.8 Å². The number of anilines is 1. The number of nitrogen functional groups attached to an aromatic ring is 1. The largest absolute Gasteiger partial charge is 0.387 e. The highest BCUT2D eigenvalue weighted by atomic mass is 35.5. The van der Waals surface area contributed by atoms with Crippen LogP contribution < -0.4 is 11.3 Å². The molecule has 330 valence electrons. The molecule has 7 rings (SSSR count). The molecule has 0 aromatic carbocycles. The Kier molecular flexibility index (Phi) is 16.9. The van der Waals surface area contributed by atoms with Crippen LogP contribution in [0, 0.1) is 0 Å². The van der Waals surface area contributed by atoms with Crippen LogP contribution in [0.4, 0.5) is 10.2 Å². The second kappa shape index (κ2) is 20.8. The molecule has 20 nitrogen and oxygen atoms in total. The van der Waals surface area contributed by atoms with Crippen LogP contribution in [0.5, 0.6) is 0 Å². The first kappa shape index (κ1) is 47.9. The fourth-order valence-electron chi connectivity index (χ4n) is 6.72. The highest BCUT2D eigenvalue weighted by molar-refractivity contribution is 8.44. The van der Waals surface area contributed by atoms with Crippen LogP contribution in [-0.2, 0) is 43.9 Å². The zero-order valence-electron chi connectivity index (χ0n) is 33.4. The molecule has 2 unspecified atom stereocenters. The number of imidazole rings is 1. The predicted octanol–water partition coefficient (Wildman–Crippen LogP) is 4.06. The summed E-state index contributed by atoms with van der Waals surface area (Å²) in [6.45, 7) is 10.4. The van der Waals surface area contributed by atoms with Crippen molar-refractivity contribution in [3.05, 3.63) is 40.6 Å². The normalized spacial score (nSPS) is 31.2. The molecule has 4 aromatic heterocycles. The molecule has 2 bridgehead atoms. The minimum Gasteiger partial charge on any atom is -0.387 e. The van der Waals surface area contributed by atoms with Crippen molar-refractivity contribution in [2.75, 3.05) is 58.2 Å². The minimum atomic E-state index is -4.39. The van der Waals surface area contributed by atoms with Crippen molar-refractivity contribution in [3.8, 4) is 0 Å². The molecule has 3 aliphatic rings. The Morgan fingerprint density at radius 2 is 1.54 bits per heavy atom. The summed E-state index contributed by atoms with van der Waals surface area (Å²) >= 11 is 15.5. The summed E-state index contributed by atoms with van der Waals surface area (Å²) in [6, 6.07) is 0. The van der Waals surface area contributed by atoms with Crippen LogP contribution in [0.2, 0.25) is 5.02 Å². The van der Waals surface area contributed by atoms with E-state index in [1.807, 2.05) is 0 Å². The molecule has 3 aliphatic heterocycles. The highest BCUT2D eigenvalue weighted by Crippen LogP contribution is 2.58. The molecule has 0 radical (unpaired) electrons. The third-order valence-electron chi connectivity index (χ3n) is 10.1. The topological polar surface area (TPSA) is 240 Å². The van der Waals surface area contributed by atoms with Crippen molar-refractivity contribution in [2.24, 2.45) is 0 Å². The molecule has 0 saturated carbocycles. The summed E-state index contributed by atoms with van der Waals surface area (Å²) in [5, 5.41) is 11.2. The molecule has 3 fully saturated rings. The van der Waals surface area contributed by atoms with Crippen molar-refractivity contribution in [1.82, 2.24) is 43.9 Å². The smallest absolute Gasteiger partial charge is 0.386 e. The number of alkyl halides is 1. The number of nitrogens with zero attached hydrogens (tertiary/aromatic N) is 8. The quantitative estimate of drug-likeness (QED) is 0.124. The molecule has 0 spiro atoms. The maximum absolute atomic E-state index is 16.0. The number of aliphatic hydroxyl groups is 1. The molecule has 3 saturated heterocycles. The molecule has 10 atom stereocenters. The summed E-state index contributed by atoms with van der Waals surface area (Å²) in [5.74, 6) is 0.0516. The number of thiol groups is 1. The van der Waals surface area contributed by atoms with Crippen LogP contribution in [0.1, 0.15) is 54.0 Å². The van der Waals surface area contributed by atoms with Crippen LogP contribution in [0.15, 0.2) is 30.0 Å². The number of nitrogens with one attached hydrogen (secondary N) is 1. The van der Waals surface area contributed by atoms with Gasteiger partial charge in [-0.15, -0.1) is 0 Å². The van der Waals surface area contributed by atoms with Crippen molar-refractivity contribution in [2.45, 2.75) is 90.7 Å². The molecule has 0 aliphatic carbocycles. The van der Waals surface area contributed by atoms with E-state index >= 15 is 4.39 Å². The second-order valence-corrected chi connectivity index (χ2v) is 19.4. The molecule has 0 amide bonds. The molecule has 26 heteroatoms. The number of H-pyrrole nitrogens is 1. The summed E-state index contributed by atoms with van der Waals surface area (Å²) in [4.78, 5) is 46.8. The first-order valence-corrected chi connectivity index (χ1v) is 24.8. The lowest BCUT2D eigenvalue weighted by Crippen LogP contribution is -2.35. The van der Waals surface area contributed by atoms with E-state index in [-0.39, 0.29) is 33.0 Å². The molecule has 59 heavy (non-hydrogen) atoms. The third-order valence-corrected chi connectivity index (χ3v) is 13.5. The van der Waals surface area contributed by atoms with E-state index < -0.39 is 81.4 Å². The highest BCUT2D eigenvalue weighted by Gasteiger charge is 2.53. The van der Waals surface area contributed by atoms with Gasteiger partial charge in [0.2, 0.25) is 0 Å². The predicted molar refractivity (Wildman–Crippen MR) is 225 cm³/mol. The van der Waals surface area contributed by atoms with Crippen LogP contribution in [0.25, 0.3) is 22.2 Å². The lowest BCUT2D eigenvalue weighted by Gasteiger charge is -2.27. The molecular formula is C33H52ClFN10O10P2S2. The van der Waals surface area contributed by atoms with Gasteiger partial charge in [-0.1, -0.05) is 65.4 Å². The van der Waals surface area contributed by atoms with E-state index in [1.165, 1.54) is 60.9 Å². The van der Waals surface area contributed by atoms with Gasteiger partial charge in [-0.3, -0.25) is 22.9 Å². The number of ether oxygens (including phenoxy) is 2. The maximum atomic E-state index is 16.0. The number of hydrogen-bond donors (Lipinski definition) is 5. The summed E-state index contributed by atoms with van der Waals surface area (Å²) < 4.78 is 66.0. The lowest BCUT2D eigenvalue weighted by molar-refractivity contribution is -0.0585. The Hall–Kier alpha value is -2.18. The molecule has 7 heterocycles. The van der Waals surface area contributed by atoms with Gasteiger partial charge in [-0.25, -0.2) is 28.9 Å².